The van der Waals surface area contributed by atoms with Crippen molar-refractivity contribution in [2.24, 2.45) is 0 Å². The van der Waals surface area contributed by atoms with E-state index >= 15 is 0 Å². The maximum Gasteiger partial charge on any atom is 0.225 e. The lowest BCUT2D eigenvalue weighted by atomic mass is 10.1. The first-order chi connectivity index (χ1) is 9.37. The van der Waals surface area contributed by atoms with Gasteiger partial charge in [-0.3, -0.25) is 4.79 Å². The first kappa shape index (κ1) is 15.3. The van der Waals surface area contributed by atoms with Crippen molar-refractivity contribution >= 4 is 17.7 Å². The monoisotopic (exact) mass is 297 g/mol. The zero-order valence-corrected chi connectivity index (χ0v) is 12.6. The highest BCUT2D eigenvalue weighted by Gasteiger charge is 2.30. The average Bonchev–Trinajstić information content (AvgIpc) is 2.37. The second-order valence-corrected chi connectivity index (χ2v) is 7.50. The number of aliphatic hydroxyl groups excluding tert-OH is 1. The van der Waals surface area contributed by atoms with E-state index in [0.29, 0.717) is 18.7 Å². The number of carbonyl (C=O) groups is 1. The minimum atomic E-state index is -0.948. The van der Waals surface area contributed by atoms with Crippen LogP contribution in [0.25, 0.3) is 0 Å². The van der Waals surface area contributed by atoms with Crippen LogP contribution in [0.2, 0.25) is 0 Å². The van der Waals surface area contributed by atoms with E-state index in [2.05, 4.69) is 13.8 Å². The molecule has 1 aromatic rings. The van der Waals surface area contributed by atoms with Gasteiger partial charge in [0.05, 0.1) is 12.5 Å². The van der Waals surface area contributed by atoms with Crippen molar-refractivity contribution in [1.29, 1.82) is 0 Å². The lowest BCUT2D eigenvalue weighted by Gasteiger charge is -2.37. The summed E-state index contributed by atoms with van der Waals surface area (Å²) in [5.74, 6) is 0.439. The third-order valence-corrected chi connectivity index (χ3v) is 4.68. The predicted octanol–water partition coefficient (Wildman–Crippen LogP) is 2.60. The van der Waals surface area contributed by atoms with E-state index in [0.717, 1.165) is 5.75 Å². The Morgan fingerprint density at radius 3 is 2.95 bits per heavy atom. The topological polar surface area (TPSA) is 40.5 Å². The van der Waals surface area contributed by atoms with Gasteiger partial charge in [0.1, 0.15) is 5.82 Å². The quantitative estimate of drug-likeness (QED) is 0.932. The Balaban J connectivity index is 1.97. The van der Waals surface area contributed by atoms with Gasteiger partial charge in [-0.15, -0.1) is 0 Å². The first-order valence-electron chi connectivity index (χ1n) is 6.73. The van der Waals surface area contributed by atoms with E-state index in [1.165, 1.54) is 12.1 Å². The largest absolute Gasteiger partial charge is 0.388 e. The van der Waals surface area contributed by atoms with E-state index in [4.69, 9.17) is 0 Å². The SMILES string of the molecule is CC1(C)CN(C(=O)CC(O)c2cccc(F)c2)CCS1. The molecule has 0 aliphatic carbocycles. The van der Waals surface area contributed by atoms with E-state index in [-0.39, 0.29) is 17.1 Å². The minimum Gasteiger partial charge on any atom is -0.388 e. The molecule has 0 saturated carbocycles. The number of amides is 1. The lowest BCUT2D eigenvalue weighted by molar-refractivity contribution is -0.133. The summed E-state index contributed by atoms with van der Waals surface area (Å²) in [5, 5.41) is 10.1. The van der Waals surface area contributed by atoms with Crippen molar-refractivity contribution in [1.82, 2.24) is 4.90 Å². The van der Waals surface area contributed by atoms with Gasteiger partial charge in [0.2, 0.25) is 5.91 Å². The van der Waals surface area contributed by atoms with Crippen LogP contribution in [0.4, 0.5) is 4.39 Å². The van der Waals surface area contributed by atoms with Gasteiger partial charge in [-0.1, -0.05) is 12.1 Å². The third kappa shape index (κ3) is 3.96. The standard InChI is InChI=1S/C15H20FNO2S/c1-15(2)10-17(6-7-20-15)14(19)9-13(18)11-4-3-5-12(16)8-11/h3-5,8,13,18H,6-7,9-10H2,1-2H3. The Morgan fingerprint density at radius 2 is 2.30 bits per heavy atom. The fourth-order valence-corrected chi connectivity index (χ4v) is 3.47. The second-order valence-electron chi connectivity index (χ2n) is 5.70. The van der Waals surface area contributed by atoms with Crippen LogP contribution in [-0.2, 0) is 4.79 Å². The number of thioether (sulfide) groups is 1. The average molecular weight is 297 g/mol. The summed E-state index contributed by atoms with van der Waals surface area (Å²) in [4.78, 5) is 14.0. The van der Waals surface area contributed by atoms with Gasteiger partial charge in [-0.05, 0) is 31.5 Å². The van der Waals surface area contributed by atoms with E-state index in [9.17, 15) is 14.3 Å². The van der Waals surface area contributed by atoms with Crippen LogP contribution in [0.5, 0.6) is 0 Å². The molecule has 1 amide bonds. The fraction of sp³-hybridized carbons (Fsp3) is 0.533. The lowest BCUT2D eigenvalue weighted by Crippen LogP contribution is -2.46. The smallest absolute Gasteiger partial charge is 0.225 e. The normalized spacial score (nSPS) is 19.7. The third-order valence-electron chi connectivity index (χ3n) is 3.38. The van der Waals surface area contributed by atoms with E-state index in [1.807, 2.05) is 11.8 Å². The maximum absolute atomic E-state index is 13.1. The van der Waals surface area contributed by atoms with Gasteiger partial charge < -0.3 is 10.0 Å². The van der Waals surface area contributed by atoms with Gasteiger partial charge in [-0.2, -0.15) is 11.8 Å². The minimum absolute atomic E-state index is 0.00417. The van der Waals surface area contributed by atoms with Crippen LogP contribution in [-0.4, -0.2) is 39.5 Å². The van der Waals surface area contributed by atoms with E-state index in [1.54, 1.807) is 17.0 Å². The van der Waals surface area contributed by atoms with Gasteiger partial charge >= 0.3 is 0 Å². The molecular weight excluding hydrogens is 277 g/mol. The molecule has 1 unspecified atom stereocenters. The second kappa shape index (κ2) is 6.14. The molecule has 1 atom stereocenters. The number of benzene rings is 1. The molecule has 0 spiro atoms. The van der Waals surface area contributed by atoms with Crippen LogP contribution in [0, 0.1) is 5.82 Å². The number of halogens is 1. The summed E-state index contributed by atoms with van der Waals surface area (Å²) in [5.41, 5.74) is 0.448. The van der Waals surface area contributed by atoms with Crippen LogP contribution < -0.4 is 0 Å². The molecule has 0 aromatic heterocycles. The molecule has 1 heterocycles. The van der Waals surface area contributed by atoms with Crippen molar-refractivity contribution in [3.63, 3.8) is 0 Å². The molecule has 1 aliphatic heterocycles. The van der Waals surface area contributed by atoms with Crippen molar-refractivity contribution in [3.8, 4) is 0 Å². The molecule has 110 valence electrons. The van der Waals surface area contributed by atoms with Gasteiger partial charge in [0.25, 0.3) is 0 Å². The van der Waals surface area contributed by atoms with Crippen LogP contribution in [0.15, 0.2) is 24.3 Å². The molecule has 1 N–H and O–H groups in total. The molecule has 2 rings (SSSR count). The summed E-state index contributed by atoms with van der Waals surface area (Å²) < 4.78 is 13.2. The number of hydrogen-bond acceptors (Lipinski definition) is 3. The Kier molecular flexibility index (Phi) is 4.70. The first-order valence-corrected chi connectivity index (χ1v) is 7.71. The van der Waals surface area contributed by atoms with E-state index < -0.39 is 11.9 Å². The molecule has 1 aromatic carbocycles. The Hall–Kier alpha value is -1.07. The van der Waals surface area contributed by atoms with Crippen LogP contribution >= 0.6 is 11.8 Å². The summed E-state index contributed by atoms with van der Waals surface area (Å²) >= 11 is 1.85. The number of aliphatic hydroxyl groups is 1. The number of carbonyl (C=O) groups excluding carboxylic acids is 1. The van der Waals surface area contributed by atoms with Crippen molar-refractivity contribution in [2.75, 3.05) is 18.8 Å². The number of nitrogens with zero attached hydrogens (tertiary/aromatic N) is 1. The summed E-state index contributed by atoms with van der Waals surface area (Å²) in [6, 6.07) is 5.77. The molecular formula is C15H20FNO2S. The Morgan fingerprint density at radius 1 is 1.55 bits per heavy atom. The summed E-state index contributed by atoms with van der Waals surface area (Å²) in [6.07, 6.45) is -0.944. The fourth-order valence-electron chi connectivity index (χ4n) is 2.36. The highest BCUT2D eigenvalue weighted by molar-refractivity contribution is 8.00. The summed E-state index contributed by atoms with van der Waals surface area (Å²) in [7, 11) is 0. The van der Waals surface area contributed by atoms with Gasteiger partial charge in [-0.25, -0.2) is 4.39 Å². The molecule has 0 radical (unpaired) electrons. The van der Waals surface area contributed by atoms with Crippen molar-refractivity contribution in [2.45, 2.75) is 31.1 Å². The molecule has 1 saturated heterocycles. The van der Waals surface area contributed by atoms with Crippen LogP contribution in [0.1, 0.15) is 31.9 Å². The number of rotatable bonds is 3. The van der Waals surface area contributed by atoms with Gasteiger partial charge in [0, 0.05) is 23.6 Å². The zero-order chi connectivity index (χ0) is 14.8. The van der Waals surface area contributed by atoms with Crippen LogP contribution in [0.3, 0.4) is 0 Å². The zero-order valence-electron chi connectivity index (χ0n) is 11.8. The molecule has 0 bridgehead atoms. The molecule has 1 aliphatic rings. The number of hydrogen-bond donors (Lipinski definition) is 1. The molecule has 5 heteroatoms. The Labute approximate surface area is 123 Å². The predicted molar refractivity (Wildman–Crippen MR) is 79.1 cm³/mol. The van der Waals surface area contributed by atoms with Gasteiger partial charge in [0.15, 0.2) is 0 Å². The highest BCUT2D eigenvalue weighted by atomic mass is 32.2. The molecule has 1 fully saturated rings. The molecule has 3 nitrogen and oxygen atoms in total. The highest BCUT2D eigenvalue weighted by Crippen LogP contribution is 2.30. The van der Waals surface area contributed by atoms with Crippen molar-refractivity contribution in [3.05, 3.63) is 35.6 Å². The van der Waals surface area contributed by atoms with Crippen molar-refractivity contribution < 1.29 is 14.3 Å². The summed E-state index contributed by atoms with van der Waals surface area (Å²) in [6.45, 7) is 5.62. The Bertz CT molecular complexity index is 493. The molecule has 20 heavy (non-hydrogen) atoms. The maximum atomic E-state index is 13.1.